The molecule has 3 N–H and O–H groups in total. The third kappa shape index (κ3) is 3.71. The van der Waals surface area contributed by atoms with Crippen molar-refractivity contribution < 1.29 is 4.74 Å². The third-order valence-electron chi connectivity index (χ3n) is 2.09. The van der Waals surface area contributed by atoms with E-state index in [4.69, 9.17) is 15.7 Å². The number of para-hydroxylation sites is 1. The summed E-state index contributed by atoms with van der Waals surface area (Å²) < 4.78 is 5.43. The molecule has 0 aliphatic carbocycles. The van der Waals surface area contributed by atoms with Crippen molar-refractivity contribution in [2.24, 2.45) is 4.99 Å². The Hall–Kier alpha value is -3.07. The zero-order valence-corrected chi connectivity index (χ0v) is 9.95. The van der Waals surface area contributed by atoms with Crippen LogP contribution in [0.4, 0.5) is 11.6 Å². The number of nitrogens with two attached hydrogens (primary N) is 1. The van der Waals surface area contributed by atoms with Crippen LogP contribution in [0.5, 0.6) is 5.75 Å². The maximum absolute atomic E-state index is 8.68. The molecule has 0 saturated carbocycles. The average Bonchev–Trinajstić information content (AvgIpc) is 2.40. The molecule has 1 aromatic carbocycles. The summed E-state index contributed by atoms with van der Waals surface area (Å²) in [6, 6.07) is 14.1. The van der Waals surface area contributed by atoms with Crippen LogP contribution >= 0.6 is 0 Å². The first kappa shape index (κ1) is 12.4. The maximum Gasteiger partial charge on any atom is 0.310 e. The predicted molar refractivity (Wildman–Crippen MR) is 71.6 cm³/mol. The first-order valence-corrected chi connectivity index (χ1v) is 5.47. The molecule has 19 heavy (non-hydrogen) atoms. The van der Waals surface area contributed by atoms with E-state index in [0.29, 0.717) is 17.4 Å². The summed E-state index contributed by atoms with van der Waals surface area (Å²) in [5, 5.41) is 11.0. The molecule has 1 heterocycles. The van der Waals surface area contributed by atoms with E-state index in [1.165, 1.54) is 0 Å². The Bertz CT molecular complexity index is 618. The van der Waals surface area contributed by atoms with Crippen LogP contribution in [0.25, 0.3) is 0 Å². The molecule has 0 bridgehead atoms. The van der Waals surface area contributed by atoms with Crippen molar-refractivity contribution in [1.82, 2.24) is 10.3 Å². The molecule has 2 rings (SSSR count). The topological polar surface area (TPSA) is 96.3 Å². The van der Waals surface area contributed by atoms with Gasteiger partial charge in [0.1, 0.15) is 11.6 Å². The molecule has 1 aromatic heterocycles. The van der Waals surface area contributed by atoms with Gasteiger partial charge in [-0.1, -0.05) is 24.3 Å². The fourth-order valence-corrected chi connectivity index (χ4v) is 1.33. The number of nitrogens with zero attached hydrogens (tertiary/aromatic N) is 3. The van der Waals surface area contributed by atoms with Crippen molar-refractivity contribution in [1.29, 1.82) is 5.26 Å². The normalized spacial score (nSPS) is 10.6. The molecule has 0 spiro atoms. The Balaban J connectivity index is 2.23. The monoisotopic (exact) mass is 253 g/mol. The minimum atomic E-state index is 0.0341. The van der Waals surface area contributed by atoms with Gasteiger partial charge in [-0.15, -0.1) is 0 Å². The van der Waals surface area contributed by atoms with Crippen LogP contribution in [0, 0.1) is 11.5 Å². The van der Waals surface area contributed by atoms with E-state index in [1.54, 1.807) is 36.5 Å². The van der Waals surface area contributed by atoms with Crippen molar-refractivity contribution >= 4 is 17.7 Å². The largest absolute Gasteiger partial charge is 0.425 e. The molecule has 2 aromatic rings. The number of benzene rings is 1. The number of aliphatic imine (C=N–C) groups is 1. The van der Waals surface area contributed by atoms with E-state index in [0.717, 1.165) is 0 Å². The molecule has 0 unspecified atom stereocenters. The predicted octanol–water partition coefficient (Wildman–Crippen LogP) is 1.80. The van der Waals surface area contributed by atoms with Gasteiger partial charge in [0, 0.05) is 0 Å². The van der Waals surface area contributed by atoms with E-state index >= 15 is 0 Å². The number of anilines is 1. The van der Waals surface area contributed by atoms with Gasteiger partial charge in [-0.3, -0.25) is 0 Å². The number of nitriles is 1. The number of pyridine rings is 1. The lowest BCUT2D eigenvalue weighted by Gasteiger charge is -2.06. The summed E-state index contributed by atoms with van der Waals surface area (Å²) in [6.45, 7) is 0. The van der Waals surface area contributed by atoms with Crippen molar-refractivity contribution in [3.8, 4) is 11.9 Å². The van der Waals surface area contributed by atoms with Crippen LogP contribution in [0.1, 0.15) is 0 Å². The van der Waals surface area contributed by atoms with E-state index in [1.807, 2.05) is 18.2 Å². The van der Waals surface area contributed by atoms with Crippen LogP contribution in [0.3, 0.4) is 0 Å². The van der Waals surface area contributed by atoms with Crippen LogP contribution in [0.2, 0.25) is 0 Å². The third-order valence-corrected chi connectivity index (χ3v) is 2.09. The zero-order chi connectivity index (χ0) is 13.5. The van der Waals surface area contributed by atoms with Gasteiger partial charge in [0.15, 0.2) is 12.0 Å². The van der Waals surface area contributed by atoms with Crippen LogP contribution < -0.4 is 15.8 Å². The quantitative estimate of drug-likeness (QED) is 0.368. The number of ether oxygens (including phenoxy) is 1. The van der Waals surface area contributed by atoms with Crippen LogP contribution in [0.15, 0.2) is 53.5 Å². The molecule has 0 atom stereocenters. The summed E-state index contributed by atoms with van der Waals surface area (Å²) >= 11 is 0. The minimum absolute atomic E-state index is 0.0341. The standard InChI is InChI=1S/C13H11N5O/c14-9-16-13(19-10-5-2-1-3-6-10)18-12-8-4-7-11(15)17-12/h1-8H,(H3,15,16,17,18). The molecule has 0 aliphatic rings. The summed E-state index contributed by atoms with van der Waals surface area (Å²) in [6.07, 6.45) is 1.76. The van der Waals surface area contributed by atoms with Crippen molar-refractivity contribution in [3.05, 3.63) is 48.5 Å². The van der Waals surface area contributed by atoms with Crippen molar-refractivity contribution in [3.63, 3.8) is 0 Å². The second-order valence-corrected chi connectivity index (χ2v) is 3.49. The summed E-state index contributed by atoms with van der Waals surface area (Å²) in [7, 11) is 0. The molecule has 0 saturated heterocycles. The van der Waals surface area contributed by atoms with Gasteiger partial charge in [0.05, 0.1) is 0 Å². The Morgan fingerprint density at radius 1 is 1.21 bits per heavy atom. The molecule has 0 aliphatic heterocycles. The van der Waals surface area contributed by atoms with E-state index in [2.05, 4.69) is 15.3 Å². The number of hydrogen-bond donors (Lipinski definition) is 2. The van der Waals surface area contributed by atoms with Gasteiger partial charge in [0.2, 0.25) is 0 Å². The lowest BCUT2D eigenvalue weighted by Crippen LogP contribution is -2.24. The maximum atomic E-state index is 8.68. The molecule has 6 heteroatoms. The number of aromatic nitrogens is 1. The first-order chi connectivity index (χ1) is 9.28. The Morgan fingerprint density at radius 2 is 2.00 bits per heavy atom. The molecule has 0 radical (unpaired) electrons. The van der Waals surface area contributed by atoms with Gasteiger partial charge in [-0.25, -0.2) is 10.3 Å². The average molecular weight is 253 g/mol. The lowest BCUT2D eigenvalue weighted by molar-refractivity contribution is 0.531. The van der Waals surface area contributed by atoms with E-state index in [9.17, 15) is 0 Å². The summed E-state index contributed by atoms with van der Waals surface area (Å²) in [4.78, 5) is 8.07. The van der Waals surface area contributed by atoms with Crippen molar-refractivity contribution in [2.45, 2.75) is 0 Å². The van der Waals surface area contributed by atoms with Gasteiger partial charge in [-0.05, 0) is 24.3 Å². The highest BCUT2D eigenvalue weighted by atomic mass is 16.5. The second kappa shape index (κ2) is 6.02. The molecular formula is C13H11N5O. The van der Waals surface area contributed by atoms with E-state index in [-0.39, 0.29) is 6.02 Å². The first-order valence-electron chi connectivity index (χ1n) is 5.47. The molecule has 6 nitrogen and oxygen atoms in total. The van der Waals surface area contributed by atoms with Crippen LogP contribution in [-0.2, 0) is 0 Å². The Kier molecular flexibility index (Phi) is 3.93. The van der Waals surface area contributed by atoms with Gasteiger partial charge >= 0.3 is 6.02 Å². The Morgan fingerprint density at radius 3 is 2.68 bits per heavy atom. The highest BCUT2D eigenvalue weighted by Crippen LogP contribution is 2.12. The highest BCUT2D eigenvalue weighted by Gasteiger charge is 2.03. The summed E-state index contributed by atoms with van der Waals surface area (Å²) in [5.74, 6) is 1.26. The fraction of sp³-hybridized carbons (Fsp3) is 0. The minimum Gasteiger partial charge on any atom is -0.425 e. The Labute approximate surface area is 110 Å². The molecule has 94 valence electrons. The fourth-order valence-electron chi connectivity index (χ4n) is 1.33. The molecule has 0 fully saturated rings. The number of nitrogens with one attached hydrogen (secondary N) is 1. The number of rotatable bonds is 2. The second-order valence-electron chi connectivity index (χ2n) is 3.49. The number of nitrogen functional groups attached to an aromatic ring is 1. The van der Waals surface area contributed by atoms with Gasteiger partial charge in [-0.2, -0.15) is 10.3 Å². The van der Waals surface area contributed by atoms with Gasteiger partial charge in [0.25, 0.3) is 0 Å². The van der Waals surface area contributed by atoms with E-state index < -0.39 is 0 Å². The smallest absolute Gasteiger partial charge is 0.310 e. The molecular weight excluding hydrogens is 242 g/mol. The molecule has 0 amide bonds. The zero-order valence-electron chi connectivity index (χ0n) is 9.95. The van der Waals surface area contributed by atoms with Crippen molar-refractivity contribution in [2.75, 3.05) is 5.73 Å². The highest BCUT2D eigenvalue weighted by molar-refractivity contribution is 5.80. The van der Waals surface area contributed by atoms with Crippen LogP contribution in [-0.4, -0.2) is 11.0 Å². The lowest BCUT2D eigenvalue weighted by atomic mass is 10.3. The SMILES string of the molecule is N#CNC(=Nc1cccc(N)n1)Oc1ccccc1. The van der Waals surface area contributed by atoms with Gasteiger partial charge < -0.3 is 10.5 Å². The number of amidine groups is 1. The summed E-state index contributed by atoms with van der Waals surface area (Å²) in [5.41, 5.74) is 5.55. The number of hydrogen-bond acceptors (Lipinski definition) is 5.